The number of likely N-dealkylation sites (N-methyl/N-ethyl adjacent to an activating group) is 1. The van der Waals surface area contributed by atoms with Gasteiger partial charge in [-0.05, 0) is 62.1 Å². The van der Waals surface area contributed by atoms with Gasteiger partial charge in [0.2, 0.25) is 0 Å². The van der Waals surface area contributed by atoms with Crippen LogP contribution in [-0.4, -0.2) is 44.5 Å². The Bertz CT molecular complexity index is 1010. The number of fused-ring (bicyclic) bond motifs is 2. The van der Waals surface area contributed by atoms with Crippen molar-refractivity contribution in [2.75, 3.05) is 39.0 Å². The Kier molecular flexibility index (Phi) is 6.74. The maximum absolute atomic E-state index is 4.98. The maximum Gasteiger partial charge on any atom is 0.129 e. The van der Waals surface area contributed by atoms with Crippen molar-refractivity contribution in [1.29, 1.82) is 0 Å². The number of amidine groups is 1. The van der Waals surface area contributed by atoms with Crippen LogP contribution >= 0.6 is 0 Å². The van der Waals surface area contributed by atoms with Gasteiger partial charge in [-0.2, -0.15) is 0 Å². The van der Waals surface area contributed by atoms with Gasteiger partial charge in [-0.25, -0.2) is 4.99 Å². The van der Waals surface area contributed by atoms with Crippen molar-refractivity contribution in [3.8, 4) is 0 Å². The summed E-state index contributed by atoms with van der Waals surface area (Å²) in [4.78, 5) is 7.29. The molecule has 0 aromatic heterocycles. The second-order valence-electron chi connectivity index (χ2n) is 7.96. The van der Waals surface area contributed by atoms with E-state index in [1.54, 1.807) is 0 Å². The highest BCUT2D eigenvalue weighted by Gasteiger charge is 2.21. The molecule has 1 unspecified atom stereocenters. The second kappa shape index (κ2) is 9.85. The highest BCUT2D eigenvalue weighted by molar-refractivity contribution is 5.99. The molecule has 0 spiro atoms. The third-order valence-corrected chi connectivity index (χ3v) is 5.45. The zero-order chi connectivity index (χ0) is 20.8. The van der Waals surface area contributed by atoms with Crippen molar-refractivity contribution in [1.82, 2.24) is 15.5 Å². The molecule has 0 radical (unpaired) electrons. The van der Waals surface area contributed by atoms with Crippen molar-refractivity contribution in [3.05, 3.63) is 77.9 Å². The summed E-state index contributed by atoms with van der Waals surface area (Å²) in [7, 11) is 4.14. The number of hydrogen-bond donors (Lipinski definition) is 3. The van der Waals surface area contributed by atoms with E-state index in [1.807, 2.05) is 7.05 Å². The molecule has 5 heteroatoms. The van der Waals surface area contributed by atoms with Crippen LogP contribution in [0.5, 0.6) is 0 Å². The monoisotopic (exact) mass is 401 g/mol. The number of hydrogen-bond acceptors (Lipinski definition) is 5. The van der Waals surface area contributed by atoms with Crippen molar-refractivity contribution in [3.63, 3.8) is 0 Å². The predicted octanol–water partition coefficient (Wildman–Crippen LogP) is 3.99. The molecule has 3 N–H and O–H groups in total. The molecule has 0 bridgehead atoms. The van der Waals surface area contributed by atoms with E-state index in [0.29, 0.717) is 0 Å². The molecule has 5 nitrogen and oxygen atoms in total. The fourth-order valence-corrected chi connectivity index (χ4v) is 3.96. The minimum atomic E-state index is 0.00313. The van der Waals surface area contributed by atoms with E-state index >= 15 is 0 Å². The first-order valence-electron chi connectivity index (χ1n) is 10.7. The van der Waals surface area contributed by atoms with Gasteiger partial charge in [0.05, 0.1) is 6.54 Å². The highest BCUT2D eigenvalue weighted by Crippen LogP contribution is 2.28. The summed E-state index contributed by atoms with van der Waals surface area (Å²) < 4.78 is 0. The third kappa shape index (κ3) is 5.05. The molecule has 1 atom stereocenters. The summed E-state index contributed by atoms with van der Waals surface area (Å²) in [6.45, 7) is 3.59. The molecule has 1 heterocycles. The predicted molar refractivity (Wildman–Crippen MR) is 127 cm³/mol. The molecule has 30 heavy (non-hydrogen) atoms. The Labute approximate surface area is 179 Å². The van der Waals surface area contributed by atoms with E-state index < -0.39 is 0 Å². The number of benzene rings is 3. The van der Waals surface area contributed by atoms with Gasteiger partial charge >= 0.3 is 0 Å². The van der Waals surface area contributed by atoms with Gasteiger partial charge in [-0.15, -0.1) is 0 Å². The minimum absolute atomic E-state index is 0.00313. The first-order valence-corrected chi connectivity index (χ1v) is 10.7. The lowest BCUT2D eigenvalue weighted by molar-refractivity contribution is 0.372. The largest absolute Gasteiger partial charge is 0.343 e. The SMILES string of the molecule is CNCCCNC1N=C(CN(C)Cc2ccc3ccccc3c2)Nc2ccccc21. The molecule has 3 aromatic carbocycles. The van der Waals surface area contributed by atoms with Crippen molar-refractivity contribution in [2.45, 2.75) is 19.1 Å². The smallest absolute Gasteiger partial charge is 0.129 e. The van der Waals surface area contributed by atoms with Crippen molar-refractivity contribution in [2.24, 2.45) is 4.99 Å². The average Bonchev–Trinajstić information content (AvgIpc) is 2.76. The van der Waals surface area contributed by atoms with Crippen LogP contribution in [0.4, 0.5) is 5.69 Å². The molecular formula is C25H31N5. The molecule has 0 saturated heterocycles. The Hall–Kier alpha value is -2.73. The molecule has 156 valence electrons. The van der Waals surface area contributed by atoms with Gasteiger partial charge in [0.1, 0.15) is 12.0 Å². The second-order valence-corrected chi connectivity index (χ2v) is 7.96. The minimum Gasteiger partial charge on any atom is -0.343 e. The van der Waals surface area contributed by atoms with Crippen LogP contribution in [0.3, 0.4) is 0 Å². The van der Waals surface area contributed by atoms with Crippen LogP contribution in [0.15, 0.2) is 71.7 Å². The number of nitrogens with zero attached hydrogens (tertiary/aromatic N) is 2. The van der Waals surface area contributed by atoms with Gasteiger partial charge in [0.15, 0.2) is 0 Å². The lowest BCUT2D eigenvalue weighted by Gasteiger charge is -2.28. The molecule has 0 fully saturated rings. The lowest BCUT2D eigenvalue weighted by Crippen LogP contribution is -2.35. The molecule has 1 aliphatic heterocycles. The highest BCUT2D eigenvalue weighted by atomic mass is 15.2. The van der Waals surface area contributed by atoms with Crippen LogP contribution in [0.25, 0.3) is 10.8 Å². The van der Waals surface area contributed by atoms with E-state index in [0.717, 1.165) is 44.1 Å². The normalized spacial score (nSPS) is 15.7. The molecular weight excluding hydrogens is 370 g/mol. The fourth-order valence-electron chi connectivity index (χ4n) is 3.96. The lowest BCUT2D eigenvalue weighted by atomic mass is 10.1. The van der Waals surface area contributed by atoms with Gasteiger partial charge in [-0.3, -0.25) is 10.2 Å². The van der Waals surface area contributed by atoms with Gasteiger partial charge in [-0.1, -0.05) is 54.6 Å². The molecule has 1 aliphatic rings. The average molecular weight is 402 g/mol. The Balaban J connectivity index is 1.43. The van der Waals surface area contributed by atoms with Crippen molar-refractivity contribution >= 4 is 22.3 Å². The van der Waals surface area contributed by atoms with E-state index in [1.165, 1.54) is 21.9 Å². The first-order chi connectivity index (χ1) is 14.7. The maximum atomic E-state index is 4.98. The molecule has 4 rings (SSSR count). The summed E-state index contributed by atoms with van der Waals surface area (Å²) in [5, 5.41) is 12.9. The summed E-state index contributed by atoms with van der Waals surface area (Å²) in [5.74, 6) is 1.00. The Morgan fingerprint density at radius 2 is 1.73 bits per heavy atom. The molecule has 3 aromatic rings. The van der Waals surface area contributed by atoms with Crippen LogP contribution in [-0.2, 0) is 6.54 Å². The number of rotatable bonds is 9. The third-order valence-electron chi connectivity index (χ3n) is 5.45. The van der Waals surface area contributed by atoms with Gasteiger partial charge in [0.25, 0.3) is 0 Å². The zero-order valence-corrected chi connectivity index (χ0v) is 17.9. The molecule has 0 saturated carbocycles. The quantitative estimate of drug-likeness (QED) is 0.475. The van der Waals surface area contributed by atoms with Crippen LogP contribution < -0.4 is 16.0 Å². The number of aliphatic imine (C=N–C) groups is 1. The Morgan fingerprint density at radius 1 is 0.933 bits per heavy atom. The summed E-state index contributed by atoms with van der Waals surface area (Å²) in [6.07, 6.45) is 1.08. The zero-order valence-electron chi connectivity index (χ0n) is 17.9. The van der Waals surface area contributed by atoms with Crippen molar-refractivity contribution < 1.29 is 0 Å². The molecule has 0 amide bonds. The van der Waals surface area contributed by atoms with Gasteiger partial charge in [0, 0.05) is 17.8 Å². The van der Waals surface area contributed by atoms with Crippen LogP contribution in [0, 0.1) is 0 Å². The standard InChI is InChI=1S/C25H31N5/c1-26-14-7-15-27-25-22-10-5-6-11-23(22)28-24(29-25)18-30(2)17-19-12-13-20-8-3-4-9-21(20)16-19/h3-6,8-13,16,25-27H,7,14-15,17-18H2,1-2H3,(H,28,29). The number of anilines is 1. The van der Waals surface area contributed by atoms with Crippen LogP contribution in [0.1, 0.15) is 23.7 Å². The van der Waals surface area contributed by atoms with Crippen LogP contribution in [0.2, 0.25) is 0 Å². The van der Waals surface area contributed by atoms with Gasteiger partial charge < -0.3 is 10.6 Å². The summed E-state index contributed by atoms with van der Waals surface area (Å²) in [6, 6.07) is 23.7. The van der Waals surface area contributed by atoms with E-state index in [2.05, 4.69) is 94.6 Å². The van der Waals surface area contributed by atoms with E-state index in [4.69, 9.17) is 4.99 Å². The topological polar surface area (TPSA) is 51.7 Å². The van der Waals surface area contributed by atoms with E-state index in [9.17, 15) is 0 Å². The number of para-hydroxylation sites is 1. The van der Waals surface area contributed by atoms with E-state index in [-0.39, 0.29) is 6.17 Å². The summed E-state index contributed by atoms with van der Waals surface area (Å²) in [5.41, 5.74) is 3.67. The first kappa shape index (κ1) is 20.5. The number of nitrogens with one attached hydrogen (secondary N) is 3. The Morgan fingerprint density at radius 3 is 2.60 bits per heavy atom. The molecule has 0 aliphatic carbocycles. The fraction of sp³-hybridized carbons (Fsp3) is 0.320. The summed E-state index contributed by atoms with van der Waals surface area (Å²) >= 11 is 0.